The highest BCUT2D eigenvalue weighted by Crippen LogP contribution is 2.18. The third-order valence-electron chi connectivity index (χ3n) is 3.31. The number of hydrogen-bond acceptors (Lipinski definition) is 4. The van der Waals surface area contributed by atoms with E-state index < -0.39 is 12.2 Å². The molecule has 0 spiro atoms. The van der Waals surface area contributed by atoms with Crippen molar-refractivity contribution in [1.29, 1.82) is 0 Å². The van der Waals surface area contributed by atoms with Gasteiger partial charge in [-0.3, -0.25) is 4.84 Å². The van der Waals surface area contributed by atoms with Crippen LogP contribution < -0.4 is 15.1 Å². The van der Waals surface area contributed by atoms with Gasteiger partial charge in [-0.1, -0.05) is 54.6 Å². The lowest BCUT2D eigenvalue weighted by Gasteiger charge is -2.21. The van der Waals surface area contributed by atoms with Gasteiger partial charge in [0.25, 0.3) is 0 Å². The van der Waals surface area contributed by atoms with E-state index in [1.807, 2.05) is 6.07 Å². The number of nitrogens with one attached hydrogen (secondary N) is 1. The van der Waals surface area contributed by atoms with E-state index in [-0.39, 0.29) is 0 Å². The molecule has 0 saturated heterocycles. The predicted molar refractivity (Wildman–Crippen MR) is 97.9 cm³/mol. The van der Waals surface area contributed by atoms with Gasteiger partial charge in [0.15, 0.2) is 0 Å². The van der Waals surface area contributed by atoms with Crippen LogP contribution in [0.15, 0.2) is 91.0 Å². The number of hydrogen-bond donors (Lipinski definition) is 1. The fourth-order valence-corrected chi connectivity index (χ4v) is 2.15. The Morgan fingerprint density at radius 2 is 1.27 bits per heavy atom. The number of anilines is 2. The number of para-hydroxylation sites is 3. The molecule has 1 N–H and O–H groups in total. The normalized spacial score (nSPS) is 9.85. The minimum absolute atomic E-state index is 0.314. The summed E-state index contributed by atoms with van der Waals surface area (Å²) in [7, 11) is 0. The smallest absolute Gasteiger partial charge is 0.393 e. The number of ether oxygens (including phenoxy) is 1. The Bertz CT molecular complexity index is 855. The first kappa shape index (κ1) is 17.0. The van der Waals surface area contributed by atoms with Crippen molar-refractivity contribution in [3.05, 3.63) is 91.0 Å². The highest BCUT2D eigenvalue weighted by molar-refractivity contribution is 6.01. The van der Waals surface area contributed by atoms with Crippen LogP contribution in [0, 0.1) is 0 Å². The summed E-state index contributed by atoms with van der Waals surface area (Å²) in [5.41, 5.74) is 0.949. The fraction of sp³-hybridized carbons (Fsp3) is 0. The number of urea groups is 1. The van der Waals surface area contributed by atoms with E-state index in [0.717, 1.165) is 5.06 Å². The molecule has 0 fully saturated rings. The molecule has 0 bridgehead atoms. The average Bonchev–Trinajstić information content (AvgIpc) is 2.68. The van der Waals surface area contributed by atoms with Crippen molar-refractivity contribution in [2.75, 3.05) is 10.4 Å². The van der Waals surface area contributed by atoms with Gasteiger partial charge >= 0.3 is 12.2 Å². The van der Waals surface area contributed by atoms with Gasteiger partial charge < -0.3 is 10.1 Å². The maximum atomic E-state index is 12.6. The van der Waals surface area contributed by atoms with Crippen LogP contribution in [0.2, 0.25) is 0 Å². The Labute approximate surface area is 150 Å². The molecule has 3 rings (SSSR count). The zero-order chi connectivity index (χ0) is 18.2. The zero-order valence-corrected chi connectivity index (χ0v) is 13.7. The van der Waals surface area contributed by atoms with Crippen LogP contribution in [-0.4, -0.2) is 12.2 Å². The second kappa shape index (κ2) is 8.34. The Morgan fingerprint density at radius 1 is 0.731 bits per heavy atom. The molecule has 0 radical (unpaired) electrons. The summed E-state index contributed by atoms with van der Waals surface area (Å²) >= 11 is 0. The number of hydroxylamine groups is 1. The van der Waals surface area contributed by atoms with E-state index in [1.165, 1.54) is 0 Å². The van der Waals surface area contributed by atoms with Crippen LogP contribution >= 0.6 is 0 Å². The minimum Gasteiger partial charge on any atom is -0.393 e. The second-order valence-corrected chi connectivity index (χ2v) is 5.18. The molecule has 0 aliphatic heterocycles. The molecule has 0 aliphatic carbocycles. The monoisotopic (exact) mass is 348 g/mol. The summed E-state index contributed by atoms with van der Waals surface area (Å²) in [6.45, 7) is 0. The molecule has 6 nitrogen and oxygen atoms in total. The first-order valence-corrected chi connectivity index (χ1v) is 7.88. The molecule has 0 aliphatic rings. The highest BCUT2D eigenvalue weighted by atomic mass is 16.8. The first-order chi connectivity index (χ1) is 12.7. The van der Waals surface area contributed by atoms with Crippen LogP contribution in [0.5, 0.6) is 5.75 Å². The summed E-state index contributed by atoms with van der Waals surface area (Å²) in [4.78, 5) is 29.8. The zero-order valence-electron chi connectivity index (χ0n) is 13.7. The summed E-state index contributed by atoms with van der Waals surface area (Å²) in [6, 6.07) is 25.2. The van der Waals surface area contributed by atoms with Gasteiger partial charge in [-0.2, -0.15) is 0 Å². The van der Waals surface area contributed by atoms with Gasteiger partial charge in [-0.25, -0.2) is 9.59 Å². The second-order valence-electron chi connectivity index (χ2n) is 5.18. The molecular weight excluding hydrogens is 332 g/mol. The van der Waals surface area contributed by atoms with E-state index in [1.54, 1.807) is 84.9 Å². The first-order valence-electron chi connectivity index (χ1n) is 7.88. The molecular formula is C20H16N2O4. The standard InChI is InChI=1S/C20H16N2O4/c23-19(21-16-10-4-1-5-11-16)22(17-12-6-2-7-13-17)26-20(24)25-18-14-8-3-9-15-18/h1-15H,(H,21,23). The van der Waals surface area contributed by atoms with Crippen molar-refractivity contribution >= 4 is 23.6 Å². The number of benzene rings is 3. The van der Waals surface area contributed by atoms with Crippen molar-refractivity contribution in [1.82, 2.24) is 0 Å². The van der Waals surface area contributed by atoms with Crippen LogP contribution in [0.1, 0.15) is 0 Å². The van der Waals surface area contributed by atoms with Gasteiger partial charge in [-0.15, -0.1) is 5.06 Å². The molecule has 3 aromatic rings. The number of carbonyl (C=O) groups is 2. The van der Waals surface area contributed by atoms with E-state index in [4.69, 9.17) is 9.57 Å². The van der Waals surface area contributed by atoms with Gasteiger partial charge in [-0.05, 0) is 36.4 Å². The maximum absolute atomic E-state index is 12.6. The summed E-state index contributed by atoms with van der Waals surface area (Å²) in [5, 5.41) is 3.51. The Balaban J connectivity index is 1.75. The number of carbonyl (C=O) groups excluding carboxylic acids is 2. The van der Waals surface area contributed by atoms with Gasteiger partial charge in [0.05, 0.1) is 5.69 Å². The van der Waals surface area contributed by atoms with Crippen LogP contribution in [-0.2, 0) is 4.84 Å². The van der Waals surface area contributed by atoms with Crippen molar-refractivity contribution in [3.8, 4) is 5.75 Å². The molecule has 0 aromatic heterocycles. The van der Waals surface area contributed by atoms with Crippen molar-refractivity contribution < 1.29 is 19.2 Å². The van der Waals surface area contributed by atoms with Crippen molar-refractivity contribution in [2.24, 2.45) is 0 Å². The lowest BCUT2D eigenvalue weighted by atomic mass is 10.3. The SMILES string of the molecule is O=C(Oc1ccccc1)ON(C(=O)Nc1ccccc1)c1ccccc1. The molecule has 3 aromatic carbocycles. The lowest BCUT2D eigenvalue weighted by Crippen LogP contribution is -2.37. The molecule has 0 saturated carbocycles. The maximum Gasteiger partial charge on any atom is 0.539 e. The van der Waals surface area contributed by atoms with Gasteiger partial charge in [0, 0.05) is 5.69 Å². The minimum atomic E-state index is -1.02. The Kier molecular flexibility index (Phi) is 5.47. The summed E-state index contributed by atoms with van der Waals surface area (Å²) < 4.78 is 5.08. The molecule has 130 valence electrons. The van der Waals surface area contributed by atoms with Crippen LogP contribution in [0.4, 0.5) is 21.0 Å². The summed E-state index contributed by atoms with van der Waals surface area (Å²) in [5.74, 6) is 0.314. The van der Waals surface area contributed by atoms with Crippen LogP contribution in [0.3, 0.4) is 0 Å². The summed E-state index contributed by atoms with van der Waals surface area (Å²) in [6.07, 6.45) is -1.02. The average molecular weight is 348 g/mol. The molecule has 6 heteroatoms. The van der Waals surface area contributed by atoms with Gasteiger partial charge in [0.2, 0.25) is 0 Å². The molecule has 2 amide bonds. The highest BCUT2D eigenvalue weighted by Gasteiger charge is 2.22. The predicted octanol–water partition coefficient (Wildman–Crippen LogP) is 4.86. The van der Waals surface area contributed by atoms with Crippen LogP contribution in [0.25, 0.3) is 0 Å². The third kappa shape index (κ3) is 4.61. The third-order valence-corrected chi connectivity index (χ3v) is 3.31. The quantitative estimate of drug-likeness (QED) is 0.417. The number of nitrogens with zero attached hydrogens (tertiary/aromatic N) is 1. The fourth-order valence-electron chi connectivity index (χ4n) is 2.15. The Morgan fingerprint density at radius 3 is 1.88 bits per heavy atom. The number of amides is 2. The van der Waals surface area contributed by atoms with E-state index >= 15 is 0 Å². The molecule has 0 unspecified atom stereocenters. The molecule has 0 atom stereocenters. The van der Waals surface area contributed by atoms with E-state index in [9.17, 15) is 9.59 Å². The lowest BCUT2D eigenvalue weighted by molar-refractivity contribution is 0.0946. The van der Waals surface area contributed by atoms with E-state index in [2.05, 4.69) is 5.32 Å². The molecule has 26 heavy (non-hydrogen) atoms. The topological polar surface area (TPSA) is 67.9 Å². The van der Waals surface area contributed by atoms with E-state index in [0.29, 0.717) is 17.1 Å². The largest absolute Gasteiger partial charge is 0.539 e. The van der Waals surface area contributed by atoms with Crippen molar-refractivity contribution in [3.63, 3.8) is 0 Å². The molecule has 0 heterocycles. The van der Waals surface area contributed by atoms with Crippen molar-refractivity contribution in [2.45, 2.75) is 0 Å². The Hall–Kier alpha value is -3.80. The number of rotatable bonds is 3. The van der Waals surface area contributed by atoms with Gasteiger partial charge in [0.1, 0.15) is 5.75 Å².